The summed E-state index contributed by atoms with van der Waals surface area (Å²) in [5.41, 5.74) is 4.08. The minimum atomic E-state index is -0.0163. The van der Waals surface area contributed by atoms with Crippen molar-refractivity contribution in [3.63, 3.8) is 0 Å². The van der Waals surface area contributed by atoms with Gasteiger partial charge in [0.05, 0.1) is 12.2 Å². The van der Waals surface area contributed by atoms with Gasteiger partial charge in [-0.1, -0.05) is 72.4 Å². The molecule has 0 spiro atoms. The zero-order valence-corrected chi connectivity index (χ0v) is 18.0. The van der Waals surface area contributed by atoms with Crippen LogP contribution >= 0.6 is 11.8 Å². The Kier molecular flexibility index (Phi) is 6.73. The number of nitrogens with zero attached hydrogens (tertiary/aromatic N) is 6. The number of carbonyl (C=O) groups excluding carboxylic acids is 1. The first-order chi connectivity index (χ1) is 15.2. The Morgan fingerprint density at radius 1 is 1.06 bits per heavy atom. The molecule has 4 aromatic rings. The number of rotatable bonds is 9. The van der Waals surface area contributed by atoms with Crippen molar-refractivity contribution in [1.82, 2.24) is 35.3 Å². The fourth-order valence-corrected chi connectivity index (χ4v) is 3.93. The summed E-state index contributed by atoms with van der Waals surface area (Å²) in [6, 6.07) is 20.2. The van der Waals surface area contributed by atoms with Crippen LogP contribution in [0, 0.1) is 0 Å². The lowest BCUT2D eigenvalue weighted by atomic mass is 10.1. The van der Waals surface area contributed by atoms with E-state index in [1.54, 1.807) is 11.7 Å². The number of carbonyl (C=O) groups is 1. The third kappa shape index (κ3) is 5.58. The highest BCUT2D eigenvalue weighted by atomic mass is 32.2. The number of tetrazole rings is 1. The molecule has 0 bridgehead atoms. The Morgan fingerprint density at radius 3 is 2.52 bits per heavy atom. The molecule has 0 aliphatic rings. The Morgan fingerprint density at radius 2 is 1.81 bits per heavy atom. The molecule has 2 aromatic carbocycles. The number of aromatic nitrogens is 6. The van der Waals surface area contributed by atoms with Crippen LogP contribution in [0.5, 0.6) is 0 Å². The van der Waals surface area contributed by atoms with Gasteiger partial charge in [-0.05, 0) is 16.0 Å². The second-order valence-corrected chi connectivity index (χ2v) is 8.07. The van der Waals surface area contributed by atoms with Crippen molar-refractivity contribution in [3.05, 3.63) is 78.0 Å². The van der Waals surface area contributed by atoms with Gasteiger partial charge in [0.1, 0.15) is 0 Å². The van der Waals surface area contributed by atoms with Crippen molar-refractivity contribution in [2.24, 2.45) is 7.05 Å². The van der Waals surface area contributed by atoms with Crippen LogP contribution in [0.1, 0.15) is 17.5 Å². The summed E-state index contributed by atoms with van der Waals surface area (Å²) in [5.74, 6) is 0.594. The molecular weight excluding hydrogens is 410 g/mol. The van der Waals surface area contributed by atoms with E-state index >= 15 is 0 Å². The lowest BCUT2D eigenvalue weighted by molar-refractivity contribution is -0.120. The van der Waals surface area contributed by atoms with Crippen LogP contribution in [0.2, 0.25) is 0 Å². The van der Waals surface area contributed by atoms with Crippen LogP contribution < -0.4 is 5.32 Å². The summed E-state index contributed by atoms with van der Waals surface area (Å²) in [4.78, 5) is 12.4. The molecule has 0 saturated heterocycles. The van der Waals surface area contributed by atoms with Gasteiger partial charge >= 0.3 is 0 Å². The van der Waals surface area contributed by atoms with Gasteiger partial charge in [0, 0.05) is 43.1 Å². The van der Waals surface area contributed by atoms with E-state index in [1.165, 1.54) is 17.3 Å². The van der Waals surface area contributed by atoms with E-state index < -0.39 is 0 Å². The molecule has 2 aromatic heterocycles. The van der Waals surface area contributed by atoms with Crippen molar-refractivity contribution < 1.29 is 4.79 Å². The van der Waals surface area contributed by atoms with E-state index in [2.05, 4.69) is 33.0 Å². The van der Waals surface area contributed by atoms with Crippen LogP contribution in [0.3, 0.4) is 0 Å². The fraction of sp³-hybridized carbons (Fsp3) is 0.227. The van der Waals surface area contributed by atoms with Crippen molar-refractivity contribution in [3.8, 4) is 11.3 Å². The summed E-state index contributed by atoms with van der Waals surface area (Å²) >= 11 is 1.46. The van der Waals surface area contributed by atoms with Gasteiger partial charge in [-0.25, -0.2) is 4.68 Å². The van der Waals surface area contributed by atoms with E-state index in [0.717, 1.165) is 16.8 Å². The highest BCUT2D eigenvalue weighted by Gasteiger charge is 2.13. The predicted molar refractivity (Wildman–Crippen MR) is 119 cm³/mol. The SMILES string of the molecule is Cn1nnnc1SCCC(=O)NCc1cn(Cc2ccccc2)nc1-c1ccccc1. The molecule has 8 nitrogen and oxygen atoms in total. The zero-order valence-electron chi connectivity index (χ0n) is 17.2. The number of nitrogens with one attached hydrogen (secondary N) is 1. The minimum Gasteiger partial charge on any atom is -0.352 e. The molecule has 0 fully saturated rings. The number of benzene rings is 2. The second-order valence-electron chi connectivity index (χ2n) is 7.01. The van der Waals surface area contributed by atoms with Gasteiger partial charge in [0.25, 0.3) is 0 Å². The van der Waals surface area contributed by atoms with Gasteiger partial charge in [-0.3, -0.25) is 9.48 Å². The van der Waals surface area contributed by atoms with E-state index in [-0.39, 0.29) is 5.91 Å². The number of aryl methyl sites for hydroxylation is 1. The molecule has 4 rings (SSSR count). The average Bonchev–Trinajstić information content (AvgIpc) is 3.39. The standard InChI is InChI=1S/C22H23N7OS/c1-28-22(24-26-27-28)31-13-12-20(30)23-14-19-16-29(15-17-8-4-2-5-9-17)25-21(19)18-10-6-3-7-11-18/h2-11,16H,12-15H2,1H3,(H,23,30). The Labute approximate surface area is 184 Å². The maximum Gasteiger partial charge on any atom is 0.221 e. The van der Waals surface area contributed by atoms with Gasteiger partial charge in [-0.15, -0.1) is 5.10 Å². The molecule has 1 amide bonds. The zero-order chi connectivity index (χ0) is 21.5. The number of hydrogen-bond donors (Lipinski definition) is 1. The molecule has 0 unspecified atom stereocenters. The quantitative estimate of drug-likeness (QED) is 0.408. The van der Waals surface area contributed by atoms with Gasteiger partial charge in [0.15, 0.2) is 0 Å². The molecule has 31 heavy (non-hydrogen) atoms. The van der Waals surface area contributed by atoms with Crippen LogP contribution in [-0.4, -0.2) is 41.6 Å². The number of thioether (sulfide) groups is 1. The van der Waals surface area contributed by atoms with E-state index in [1.807, 2.05) is 59.4 Å². The molecular formula is C22H23N7OS. The highest BCUT2D eigenvalue weighted by molar-refractivity contribution is 7.99. The van der Waals surface area contributed by atoms with Crippen LogP contribution in [-0.2, 0) is 24.9 Å². The maximum atomic E-state index is 12.4. The van der Waals surface area contributed by atoms with Crippen molar-refractivity contribution in [2.75, 3.05) is 5.75 Å². The summed E-state index contributed by atoms with van der Waals surface area (Å²) in [6.45, 7) is 1.10. The van der Waals surface area contributed by atoms with Crippen molar-refractivity contribution in [2.45, 2.75) is 24.7 Å². The monoisotopic (exact) mass is 433 g/mol. The van der Waals surface area contributed by atoms with Crippen molar-refractivity contribution >= 4 is 17.7 Å². The summed E-state index contributed by atoms with van der Waals surface area (Å²) in [5, 5.41) is 19.8. The van der Waals surface area contributed by atoms with Gasteiger partial charge in [-0.2, -0.15) is 5.10 Å². The lowest BCUT2D eigenvalue weighted by Gasteiger charge is -2.05. The minimum absolute atomic E-state index is 0.0163. The summed E-state index contributed by atoms with van der Waals surface area (Å²) < 4.78 is 3.52. The molecule has 0 atom stereocenters. The Balaban J connectivity index is 1.41. The van der Waals surface area contributed by atoms with E-state index in [0.29, 0.717) is 30.4 Å². The highest BCUT2D eigenvalue weighted by Crippen LogP contribution is 2.22. The summed E-state index contributed by atoms with van der Waals surface area (Å²) in [7, 11) is 1.78. The van der Waals surface area contributed by atoms with Gasteiger partial charge in [0.2, 0.25) is 11.1 Å². The molecule has 0 saturated carbocycles. The fourth-order valence-electron chi connectivity index (χ4n) is 3.14. The number of amides is 1. The molecule has 0 radical (unpaired) electrons. The molecule has 0 aliphatic heterocycles. The van der Waals surface area contributed by atoms with Gasteiger partial charge < -0.3 is 5.32 Å². The first-order valence-corrected chi connectivity index (χ1v) is 10.9. The van der Waals surface area contributed by atoms with E-state index in [4.69, 9.17) is 5.10 Å². The molecule has 0 aliphatic carbocycles. The molecule has 2 heterocycles. The second kappa shape index (κ2) is 10.0. The van der Waals surface area contributed by atoms with Crippen LogP contribution in [0.25, 0.3) is 11.3 Å². The Bertz CT molecular complexity index is 1130. The predicted octanol–water partition coefficient (Wildman–Crippen LogP) is 2.92. The first kappa shape index (κ1) is 20.8. The van der Waals surface area contributed by atoms with Crippen LogP contribution in [0.15, 0.2) is 72.0 Å². The van der Waals surface area contributed by atoms with Crippen LogP contribution in [0.4, 0.5) is 0 Å². The largest absolute Gasteiger partial charge is 0.352 e. The third-order valence-electron chi connectivity index (χ3n) is 4.69. The third-order valence-corrected chi connectivity index (χ3v) is 5.70. The van der Waals surface area contributed by atoms with Crippen molar-refractivity contribution in [1.29, 1.82) is 0 Å². The molecule has 158 valence electrons. The molecule has 9 heteroatoms. The maximum absolute atomic E-state index is 12.4. The smallest absolute Gasteiger partial charge is 0.221 e. The molecule has 1 N–H and O–H groups in total. The first-order valence-electron chi connectivity index (χ1n) is 9.96. The average molecular weight is 434 g/mol. The normalized spacial score (nSPS) is 10.9. The number of hydrogen-bond acceptors (Lipinski definition) is 6. The van der Waals surface area contributed by atoms with E-state index in [9.17, 15) is 4.79 Å². The lowest BCUT2D eigenvalue weighted by Crippen LogP contribution is -2.23. The summed E-state index contributed by atoms with van der Waals surface area (Å²) in [6.07, 6.45) is 2.39. The topological polar surface area (TPSA) is 90.5 Å². The Hall–Kier alpha value is -3.46.